The van der Waals surface area contributed by atoms with Crippen molar-refractivity contribution < 1.29 is 31.7 Å². The van der Waals surface area contributed by atoms with E-state index in [1.165, 1.54) is 0 Å². The molecule has 0 saturated carbocycles. The van der Waals surface area contributed by atoms with Gasteiger partial charge in [-0.15, -0.1) is 0 Å². The van der Waals surface area contributed by atoms with Gasteiger partial charge in [0.05, 0.1) is 12.7 Å². The first kappa shape index (κ1) is 22.4. The summed E-state index contributed by atoms with van der Waals surface area (Å²) >= 11 is 0. The Morgan fingerprint density at radius 1 is 0.897 bits per heavy atom. The van der Waals surface area contributed by atoms with E-state index in [-0.39, 0.29) is 26.2 Å². The lowest BCUT2D eigenvalue weighted by atomic mass is 10.2. The van der Waals surface area contributed by atoms with Crippen LogP contribution in [0.25, 0.3) is 0 Å². The SMILES string of the molecule is CS(=O)(=O)OC(CNC(=O)OCc1ccccc1)CC(=O)OCc1ccccc1. The molecule has 0 radical (unpaired) electrons. The zero-order valence-electron chi connectivity index (χ0n) is 15.9. The van der Waals surface area contributed by atoms with Gasteiger partial charge >= 0.3 is 12.1 Å². The molecule has 0 aliphatic carbocycles. The van der Waals surface area contributed by atoms with E-state index in [0.717, 1.165) is 17.4 Å². The molecule has 0 saturated heterocycles. The van der Waals surface area contributed by atoms with Gasteiger partial charge in [-0.05, 0) is 11.1 Å². The summed E-state index contributed by atoms with van der Waals surface area (Å²) in [6, 6.07) is 18.1. The molecule has 0 fully saturated rings. The fourth-order valence-electron chi connectivity index (χ4n) is 2.34. The van der Waals surface area contributed by atoms with Gasteiger partial charge in [-0.3, -0.25) is 8.98 Å². The predicted octanol–water partition coefficient (Wildman–Crippen LogP) is 2.39. The number of alkyl carbamates (subject to hydrolysis) is 1. The van der Waals surface area contributed by atoms with Crippen LogP contribution in [0.5, 0.6) is 0 Å². The van der Waals surface area contributed by atoms with E-state index in [9.17, 15) is 18.0 Å². The standard InChI is InChI=1S/C20H23NO7S/c1-29(24,25)28-18(12-19(22)26-14-16-8-4-2-5-9-16)13-21-20(23)27-15-17-10-6-3-7-11-17/h2-11,18H,12-15H2,1H3,(H,21,23). The average molecular weight is 421 g/mol. The van der Waals surface area contributed by atoms with Crippen LogP contribution in [0.15, 0.2) is 60.7 Å². The summed E-state index contributed by atoms with van der Waals surface area (Å²) in [6.07, 6.45) is -1.35. The normalized spacial score (nSPS) is 12.0. The Labute approximate surface area is 169 Å². The molecule has 29 heavy (non-hydrogen) atoms. The van der Waals surface area contributed by atoms with Crippen LogP contribution in [0.3, 0.4) is 0 Å². The van der Waals surface area contributed by atoms with Gasteiger partial charge in [-0.2, -0.15) is 8.42 Å². The number of rotatable bonds is 10. The lowest BCUT2D eigenvalue weighted by molar-refractivity contribution is -0.146. The summed E-state index contributed by atoms with van der Waals surface area (Å²) in [5.41, 5.74) is 1.60. The maximum atomic E-state index is 12.0. The van der Waals surface area contributed by atoms with Gasteiger partial charge in [0.15, 0.2) is 0 Å². The van der Waals surface area contributed by atoms with Gasteiger partial charge in [-0.25, -0.2) is 4.79 Å². The second-order valence-corrected chi connectivity index (χ2v) is 7.82. The molecule has 156 valence electrons. The third kappa shape index (κ3) is 9.72. The van der Waals surface area contributed by atoms with E-state index in [2.05, 4.69) is 5.32 Å². The molecule has 1 unspecified atom stereocenters. The first-order valence-electron chi connectivity index (χ1n) is 8.84. The molecule has 2 aromatic rings. The highest BCUT2D eigenvalue weighted by Crippen LogP contribution is 2.07. The van der Waals surface area contributed by atoms with Crippen molar-refractivity contribution in [2.75, 3.05) is 12.8 Å². The number of hydrogen-bond donors (Lipinski definition) is 1. The fourth-order valence-corrected chi connectivity index (χ4v) is 2.97. The molecule has 9 heteroatoms. The number of benzene rings is 2. The quantitative estimate of drug-likeness (QED) is 0.463. The zero-order chi connectivity index (χ0) is 21.1. The fraction of sp³-hybridized carbons (Fsp3) is 0.300. The molecule has 0 aliphatic rings. The van der Waals surface area contributed by atoms with Gasteiger partial charge in [0.25, 0.3) is 10.1 Å². The number of ether oxygens (including phenoxy) is 2. The van der Waals surface area contributed by atoms with E-state index >= 15 is 0 Å². The van der Waals surface area contributed by atoms with Crippen LogP contribution in [-0.2, 0) is 41.8 Å². The average Bonchev–Trinajstić information content (AvgIpc) is 2.69. The summed E-state index contributed by atoms with van der Waals surface area (Å²) in [5.74, 6) is -0.651. The lowest BCUT2D eigenvalue weighted by Crippen LogP contribution is -2.36. The minimum atomic E-state index is -3.84. The van der Waals surface area contributed by atoms with Gasteiger partial charge in [-0.1, -0.05) is 60.7 Å². The highest BCUT2D eigenvalue weighted by atomic mass is 32.2. The van der Waals surface area contributed by atoms with Gasteiger partial charge in [0.1, 0.15) is 19.3 Å². The number of hydrogen-bond acceptors (Lipinski definition) is 7. The molecule has 1 N–H and O–H groups in total. The van der Waals surface area contributed by atoms with E-state index in [4.69, 9.17) is 13.7 Å². The van der Waals surface area contributed by atoms with Crippen LogP contribution < -0.4 is 5.32 Å². The van der Waals surface area contributed by atoms with Crippen molar-refractivity contribution in [3.8, 4) is 0 Å². The van der Waals surface area contributed by atoms with Crippen molar-refractivity contribution in [2.24, 2.45) is 0 Å². The Hall–Kier alpha value is -2.91. The molecule has 2 rings (SSSR count). The third-order valence-electron chi connectivity index (χ3n) is 3.63. The van der Waals surface area contributed by atoms with Crippen molar-refractivity contribution in [3.05, 3.63) is 71.8 Å². The van der Waals surface area contributed by atoms with Crippen LogP contribution in [0.2, 0.25) is 0 Å². The lowest BCUT2D eigenvalue weighted by Gasteiger charge is -2.16. The third-order valence-corrected chi connectivity index (χ3v) is 4.26. The highest BCUT2D eigenvalue weighted by Gasteiger charge is 2.21. The minimum absolute atomic E-state index is 0.0534. The Kier molecular flexibility index (Phi) is 8.63. The van der Waals surface area contributed by atoms with Gasteiger partial charge in [0, 0.05) is 6.54 Å². The monoisotopic (exact) mass is 421 g/mol. The van der Waals surface area contributed by atoms with Crippen molar-refractivity contribution in [2.45, 2.75) is 25.7 Å². The first-order valence-corrected chi connectivity index (χ1v) is 10.7. The molecule has 0 aromatic heterocycles. The first-order chi connectivity index (χ1) is 13.8. The second-order valence-electron chi connectivity index (χ2n) is 6.22. The maximum Gasteiger partial charge on any atom is 0.407 e. The smallest absolute Gasteiger partial charge is 0.407 e. The van der Waals surface area contributed by atoms with Crippen LogP contribution in [0.4, 0.5) is 4.79 Å². The number of carbonyl (C=O) groups excluding carboxylic acids is 2. The van der Waals surface area contributed by atoms with Gasteiger partial charge in [0.2, 0.25) is 0 Å². The van der Waals surface area contributed by atoms with Crippen LogP contribution in [0, 0.1) is 0 Å². The van der Waals surface area contributed by atoms with Gasteiger partial charge < -0.3 is 14.8 Å². The Morgan fingerprint density at radius 2 is 1.41 bits per heavy atom. The Morgan fingerprint density at radius 3 is 1.93 bits per heavy atom. The summed E-state index contributed by atoms with van der Waals surface area (Å²) in [4.78, 5) is 23.9. The largest absolute Gasteiger partial charge is 0.461 e. The summed E-state index contributed by atoms with van der Waals surface area (Å²) in [5, 5.41) is 2.40. The maximum absolute atomic E-state index is 12.0. The molecule has 0 heterocycles. The molecule has 8 nitrogen and oxygen atoms in total. The topological polar surface area (TPSA) is 108 Å². The highest BCUT2D eigenvalue weighted by molar-refractivity contribution is 7.86. The van der Waals surface area contributed by atoms with Crippen molar-refractivity contribution in [1.29, 1.82) is 0 Å². The number of amides is 1. The number of esters is 1. The predicted molar refractivity (Wildman–Crippen MR) is 105 cm³/mol. The van der Waals surface area contributed by atoms with E-state index in [1.54, 1.807) is 24.3 Å². The molecular weight excluding hydrogens is 398 g/mol. The van der Waals surface area contributed by atoms with Crippen LogP contribution in [-0.4, -0.2) is 39.4 Å². The molecule has 0 spiro atoms. The summed E-state index contributed by atoms with van der Waals surface area (Å²) in [7, 11) is -3.84. The minimum Gasteiger partial charge on any atom is -0.461 e. The van der Waals surface area contributed by atoms with Crippen molar-refractivity contribution in [1.82, 2.24) is 5.32 Å². The zero-order valence-corrected chi connectivity index (χ0v) is 16.8. The van der Waals surface area contributed by atoms with Crippen LogP contribution >= 0.6 is 0 Å². The van der Waals surface area contributed by atoms with Crippen LogP contribution in [0.1, 0.15) is 17.5 Å². The molecule has 0 aliphatic heterocycles. The molecule has 0 bridgehead atoms. The summed E-state index contributed by atoms with van der Waals surface area (Å²) in [6.45, 7) is -0.123. The van der Waals surface area contributed by atoms with E-state index < -0.39 is 28.3 Å². The van der Waals surface area contributed by atoms with Crippen molar-refractivity contribution in [3.63, 3.8) is 0 Å². The molecular formula is C20H23NO7S. The Balaban J connectivity index is 1.81. The molecule has 1 atom stereocenters. The number of nitrogens with one attached hydrogen (secondary N) is 1. The summed E-state index contributed by atoms with van der Waals surface area (Å²) < 4.78 is 37.9. The van der Waals surface area contributed by atoms with Crippen molar-refractivity contribution >= 4 is 22.2 Å². The molecule has 2 aromatic carbocycles. The van der Waals surface area contributed by atoms with E-state index in [1.807, 2.05) is 36.4 Å². The Bertz CT molecular complexity index is 886. The number of carbonyl (C=O) groups is 2. The van der Waals surface area contributed by atoms with E-state index in [0.29, 0.717) is 0 Å². The molecule has 1 amide bonds. The second kappa shape index (κ2) is 11.2.